The Bertz CT molecular complexity index is 1320. The van der Waals surface area contributed by atoms with E-state index in [1.54, 1.807) is 0 Å². The average Bonchev–Trinajstić information content (AvgIpc) is 3.15. The van der Waals surface area contributed by atoms with Crippen LogP contribution < -0.4 is 11.5 Å². The third kappa shape index (κ3) is 3.18. The summed E-state index contributed by atoms with van der Waals surface area (Å²) in [6.45, 7) is 6.23. The highest BCUT2D eigenvalue weighted by Gasteiger charge is 2.51. The van der Waals surface area contributed by atoms with Gasteiger partial charge in [-0.25, -0.2) is 14.4 Å². The van der Waals surface area contributed by atoms with Gasteiger partial charge in [0.1, 0.15) is 17.1 Å². The molecule has 2 aromatic carbocycles. The Morgan fingerprint density at radius 1 is 1.23 bits per heavy atom. The molecule has 0 saturated heterocycles. The number of phenols is 1. The van der Waals surface area contributed by atoms with Gasteiger partial charge in [0.25, 0.3) is 0 Å². The number of rotatable bonds is 4. The molecule has 7 nitrogen and oxygen atoms in total. The van der Waals surface area contributed by atoms with Crippen LogP contribution in [-0.2, 0) is 17.4 Å². The van der Waals surface area contributed by atoms with Crippen molar-refractivity contribution >= 4 is 22.5 Å². The Morgan fingerprint density at radius 2 is 1.94 bits per heavy atom. The van der Waals surface area contributed by atoms with Gasteiger partial charge in [-0.3, -0.25) is 0 Å². The van der Waals surface area contributed by atoms with Crippen LogP contribution in [0.15, 0.2) is 36.4 Å². The lowest BCUT2D eigenvalue weighted by atomic mass is 9.89. The van der Waals surface area contributed by atoms with Crippen LogP contribution in [0.4, 0.5) is 10.3 Å². The van der Waals surface area contributed by atoms with Crippen LogP contribution in [0.25, 0.3) is 16.6 Å². The average molecular weight is 420 g/mol. The van der Waals surface area contributed by atoms with Gasteiger partial charge in [0.2, 0.25) is 5.95 Å². The van der Waals surface area contributed by atoms with Crippen LogP contribution >= 0.6 is 0 Å². The fourth-order valence-corrected chi connectivity index (χ4v) is 4.41. The number of fused-ring (bicyclic) bond motifs is 3. The highest BCUT2D eigenvalue weighted by atomic mass is 19.1. The Labute approximate surface area is 178 Å². The molecule has 4 aromatic rings. The molecule has 160 valence electrons. The highest BCUT2D eigenvalue weighted by molar-refractivity contribution is 5.95. The largest absolute Gasteiger partial charge is 0.506 e. The van der Waals surface area contributed by atoms with E-state index in [9.17, 15) is 9.50 Å². The molecule has 0 spiro atoms. The van der Waals surface area contributed by atoms with Crippen LogP contribution in [-0.4, -0.2) is 24.7 Å². The molecule has 2 unspecified atom stereocenters. The summed E-state index contributed by atoms with van der Waals surface area (Å²) in [4.78, 5) is 8.78. The summed E-state index contributed by atoms with van der Waals surface area (Å²) in [5, 5.41) is 14.9. The van der Waals surface area contributed by atoms with E-state index >= 15 is 0 Å². The van der Waals surface area contributed by atoms with Crippen molar-refractivity contribution in [1.82, 2.24) is 19.6 Å². The van der Waals surface area contributed by atoms with Gasteiger partial charge in [0, 0.05) is 18.0 Å². The monoisotopic (exact) mass is 420 g/mol. The minimum atomic E-state index is -0.568. The molecule has 0 amide bonds. The van der Waals surface area contributed by atoms with Crippen LogP contribution in [0.1, 0.15) is 44.1 Å². The molecule has 1 aliphatic carbocycles. The Balaban J connectivity index is 1.45. The first kappa shape index (κ1) is 19.7. The lowest BCUT2D eigenvalue weighted by Crippen LogP contribution is -2.28. The molecule has 2 heterocycles. The minimum Gasteiger partial charge on any atom is -0.506 e. The molecule has 1 saturated carbocycles. The summed E-state index contributed by atoms with van der Waals surface area (Å²) in [6.07, 6.45) is 1.70. The molecule has 2 aromatic heterocycles. The van der Waals surface area contributed by atoms with Crippen LogP contribution in [0, 0.1) is 11.7 Å². The number of halogens is 1. The molecule has 5 rings (SSSR count). The van der Waals surface area contributed by atoms with E-state index < -0.39 is 5.82 Å². The second kappa shape index (κ2) is 6.37. The molecule has 5 N–H and O–H groups in total. The number of hydrogen-bond donors (Lipinski definition) is 3. The first-order valence-corrected chi connectivity index (χ1v) is 10.3. The van der Waals surface area contributed by atoms with E-state index in [-0.39, 0.29) is 28.2 Å². The van der Waals surface area contributed by atoms with Crippen molar-refractivity contribution < 1.29 is 9.50 Å². The maximum Gasteiger partial charge on any atom is 0.223 e. The summed E-state index contributed by atoms with van der Waals surface area (Å²) in [7, 11) is 0. The summed E-state index contributed by atoms with van der Waals surface area (Å²) >= 11 is 0. The molecular formula is C23H25FN6O. The number of anilines is 1. The van der Waals surface area contributed by atoms with Crippen molar-refractivity contribution in [3.63, 3.8) is 0 Å². The first-order valence-electron chi connectivity index (χ1n) is 10.3. The fourth-order valence-electron chi connectivity index (χ4n) is 4.41. The number of nitrogen functional groups attached to an aromatic ring is 1. The molecule has 0 aliphatic heterocycles. The summed E-state index contributed by atoms with van der Waals surface area (Å²) in [5.74, 6) is 0.265. The van der Waals surface area contributed by atoms with Gasteiger partial charge < -0.3 is 16.6 Å². The second-order valence-electron chi connectivity index (χ2n) is 9.38. The maximum atomic E-state index is 13.9. The van der Waals surface area contributed by atoms with Crippen molar-refractivity contribution in [1.29, 1.82) is 0 Å². The second-order valence-corrected chi connectivity index (χ2v) is 9.38. The fraction of sp³-hybridized carbons (Fsp3) is 0.348. The third-order valence-corrected chi connectivity index (χ3v) is 6.52. The number of benzene rings is 2. The van der Waals surface area contributed by atoms with Gasteiger partial charge in [-0.1, -0.05) is 31.2 Å². The molecule has 1 fully saturated rings. The van der Waals surface area contributed by atoms with Gasteiger partial charge in [-0.15, -0.1) is 5.10 Å². The SMILES string of the molecule is CC(C)(N)c1ccc(C2(C)CC2Cc2nc3c4cc(F)cc(O)c4nc(N)n3n2)cc1. The Hall–Kier alpha value is -3.26. The molecule has 8 heteroatoms. The maximum absolute atomic E-state index is 13.9. The lowest BCUT2D eigenvalue weighted by molar-refractivity contribution is 0.474. The normalized spacial score (nSPS) is 21.1. The van der Waals surface area contributed by atoms with E-state index in [2.05, 4.69) is 46.3 Å². The number of hydrogen-bond acceptors (Lipinski definition) is 6. The molecule has 31 heavy (non-hydrogen) atoms. The van der Waals surface area contributed by atoms with E-state index in [0.29, 0.717) is 29.2 Å². The van der Waals surface area contributed by atoms with E-state index in [1.807, 2.05) is 13.8 Å². The number of aromatic nitrogens is 4. The van der Waals surface area contributed by atoms with Gasteiger partial charge in [-0.2, -0.15) is 4.52 Å². The zero-order chi connectivity index (χ0) is 22.1. The molecule has 2 atom stereocenters. The molecule has 0 radical (unpaired) electrons. The topological polar surface area (TPSA) is 115 Å². The van der Waals surface area contributed by atoms with Gasteiger partial charge >= 0.3 is 0 Å². The zero-order valence-electron chi connectivity index (χ0n) is 17.7. The zero-order valence-corrected chi connectivity index (χ0v) is 17.7. The van der Waals surface area contributed by atoms with Crippen LogP contribution in [0.3, 0.4) is 0 Å². The predicted molar refractivity (Wildman–Crippen MR) is 117 cm³/mol. The number of phenolic OH excluding ortho intramolecular Hbond substituents is 1. The summed E-state index contributed by atoms with van der Waals surface area (Å²) < 4.78 is 15.3. The van der Waals surface area contributed by atoms with Crippen LogP contribution in [0.2, 0.25) is 0 Å². The third-order valence-electron chi connectivity index (χ3n) is 6.52. The van der Waals surface area contributed by atoms with Crippen molar-refractivity contribution in [2.45, 2.75) is 44.6 Å². The quantitative estimate of drug-likeness (QED) is 0.466. The van der Waals surface area contributed by atoms with Crippen molar-refractivity contribution in [2.24, 2.45) is 11.7 Å². The van der Waals surface area contributed by atoms with Crippen molar-refractivity contribution in [3.05, 3.63) is 59.2 Å². The van der Waals surface area contributed by atoms with Crippen LogP contribution in [0.5, 0.6) is 5.75 Å². The van der Waals surface area contributed by atoms with Crippen molar-refractivity contribution in [2.75, 3.05) is 5.73 Å². The smallest absolute Gasteiger partial charge is 0.223 e. The van der Waals surface area contributed by atoms with Gasteiger partial charge in [-0.05, 0) is 48.8 Å². The van der Waals surface area contributed by atoms with Gasteiger partial charge in [0.15, 0.2) is 11.5 Å². The Morgan fingerprint density at radius 3 is 2.61 bits per heavy atom. The van der Waals surface area contributed by atoms with Crippen molar-refractivity contribution in [3.8, 4) is 5.75 Å². The number of nitrogens with two attached hydrogens (primary N) is 2. The summed E-state index contributed by atoms with van der Waals surface area (Å²) in [5.41, 5.74) is 14.9. The minimum absolute atomic E-state index is 0.0466. The molecule has 1 aliphatic rings. The molecule has 0 bridgehead atoms. The number of aromatic hydroxyl groups is 1. The number of nitrogens with zero attached hydrogens (tertiary/aromatic N) is 4. The van der Waals surface area contributed by atoms with E-state index in [1.165, 1.54) is 16.1 Å². The highest BCUT2D eigenvalue weighted by Crippen LogP contribution is 2.55. The predicted octanol–water partition coefficient (Wildman–Crippen LogP) is 3.42. The molecular weight excluding hydrogens is 395 g/mol. The summed E-state index contributed by atoms with van der Waals surface area (Å²) in [6, 6.07) is 10.8. The first-order chi connectivity index (χ1) is 14.6. The lowest BCUT2D eigenvalue weighted by Gasteiger charge is -2.20. The van der Waals surface area contributed by atoms with E-state index in [0.717, 1.165) is 18.1 Å². The van der Waals surface area contributed by atoms with Gasteiger partial charge in [0.05, 0.1) is 5.39 Å². The Kier molecular flexibility index (Phi) is 4.05. The van der Waals surface area contributed by atoms with E-state index in [4.69, 9.17) is 11.5 Å². The standard InChI is InChI=1S/C23H25FN6O/c1-22(2,26)12-4-6-13(7-5-12)23(3)11-14(23)8-18-27-20-16-9-15(24)10-17(31)19(16)28-21(25)30(20)29-18/h4-7,9-10,14,31H,8,11,26H2,1-3H3,(H2,25,28).